The lowest BCUT2D eigenvalue weighted by atomic mass is 10.0. The third kappa shape index (κ3) is 0.0604. The summed E-state index contributed by atoms with van der Waals surface area (Å²) in [6, 6.07) is 0. The van der Waals surface area contributed by atoms with Crippen LogP contribution in [0.25, 0.3) is 0 Å². The fourth-order valence-corrected chi connectivity index (χ4v) is 1.91. The first-order valence-electron chi connectivity index (χ1n) is 2.66. The van der Waals surface area contributed by atoms with Gasteiger partial charge in [-0.15, -0.1) is 0 Å². The van der Waals surface area contributed by atoms with E-state index in [4.69, 9.17) is 0 Å². The lowest BCUT2D eigenvalue weighted by molar-refractivity contribution is 0.612. The van der Waals surface area contributed by atoms with Crippen LogP contribution in [0, 0.1) is 0 Å². The van der Waals surface area contributed by atoms with E-state index < -0.39 is 0 Å². The minimum atomic E-state index is 0.785. The van der Waals surface area contributed by atoms with Gasteiger partial charge in [-0.25, -0.2) is 0 Å². The Morgan fingerprint density at radius 2 is 1.67 bits per heavy atom. The van der Waals surface area contributed by atoms with Gasteiger partial charge in [0.1, 0.15) is 0 Å². The zero-order valence-corrected chi connectivity index (χ0v) is 3.62. The van der Waals surface area contributed by atoms with E-state index in [0.29, 0.717) is 0 Å². The standard InChI is InChI=1S/C5H7N/c1-2-5-3-4(1,5)6-5/h6H,1-3H2. The summed E-state index contributed by atoms with van der Waals surface area (Å²) in [5.41, 5.74) is 1.57. The molecule has 1 heterocycles. The van der Waals surface area contributed by atoms with Crippen LogP contribution >= 0.6 is 0 Å². The summed E-state index contributed by atoms with van der Waals surface area (Å²) in [6.45, 7) is 0. The molecule has 32 valence electrons. The first-order valence-corrected chi connectivity index (χ1v) is 2.66. The second-order valence-electron chi connectivity index (χ2n) is 2.97. The summed E-state index contributed by atoms with van der Waals surface area (Å²) in [6.07, 6.45) is 4.47. The molecule has 1 aliphatic heterocycles. The van der Waals surface area contributed by atoms with Crippen molar-refractivity contribution >= 4 is 0 Å². The highest BCUT2D eigenvalue weighted by molar-refractivity contribution is 5.50. The first kappa shape index (κ1) is 2.31. The molecule has 1 nitrogen and oxygen atoms in total. The maximum Gasteiger partial charge on any atom is 0.0389 e. The Hall–Kier alpha value is -0.0400. The molecule has 2 atom stereocenters. The predicted molar refractivity (Wildman–Crippen MR) is 22.4 cm³/mol. The van der Waals surface area contributed by atoms with Gasteiger partial charge < -0.3 is 5.32 Å². The molecule has 0 bridgehead atoms. The van der Waals surface area contributed by atoms with Crippen molar-refractivity contribution in [3.63, 3.8) is 0 Å². The van der Waals surface area contributed by atoms with Crippen LogP contribution < -0.4 is 5.32 Å². The van der Waals surface area contributed by atoms with E-state index >= 15 is 0 Å². The Balaban J connectivity index is 2.32. The van der Waals surface area contributed by atoms with E-state index in [1.54, 1.807) is 0 Å². The van der Waals surface area contributed by atoms with Crippen LogP contribution in [-0.2, 0) is 0 Å². The average molecular weight is 81.1 g/mol. The summed E-state index contributed by atoms with van der Waals surface area (Å²) in [7, 11) is 0. The zero-order valence-electron chi connectivity index (χ0n) is 3.62. The Morgan fingerprint density at radius 3 is 1.67 bits per heavy atom. The fourth-order valence-electron chi connectivity index (χ4n) is 1.91. The van der Waals surface area contributed by atoms with Gasteiger partial charge in [-0.2, -0.15) is 0 Å². The summed E-state index contributed by atoms with van der Waals surface area (Å²) in [5.74, 6) is 0. The molecule has 2 unspecified atom stereocenters. The molecule has 0 radical (unpaired) electrons. The van der Waals surface area contributed by atoms with Gasteiger partial charge in [0.05, 0.1) is 0 Å². The van der Waals surface area contributed by atoms with Crippen LogP contribution in [0.4, 0.5) is 0 Å². The van der Waals surface area contributed by atoms with E-state index in [1.165, 1.54) is 19.3 Å². The lowest BCUT2D eigenvalue weighted by Gasteiger charge is -2.00. The van der Waals surface area contributed by atoms with Gasteiger partial charge in [-0.3, -0.25) is 0 Å². The van der Waals surface area contributed by atoms with Crippen molar-refractivity contribution in [3.05, 3.63) is 0 Å². The first-order chi connectivity index (χ1) is 2.87. The van der Waals surface area contributed by atoms with Gasteiger partial charge in [-0.1, -0.05) is 0 Å². The zero-order chi connectivity index (χ0) is 3.83. The van der Waals surface area contributed by atoms with Gasteiger partial charge in [0, 0.05) is 11.1 Å². The highest BCUT2D eigenvalue weighted by atomic mass is 15.4. The van der Waals surface area contributed by atoms with Crippen LogP contribution in [-0.4, -0.2) is 11.1 Å². The Kier molecular flexibility index (Phi) is 0.118. The van der Waals surface area contributed by atoms with Crippen molar-refractivity contribution < 1.29 is 0 Å². The van der Waals surface area contributed by atoms with Gasteiger partial charge in [-0.05, 0) is 19.3 Å². The van der Waals surface area contributed by atoms with Crippen molar-refractivity contribution in [2.75, 3.05) is 0 Å². The molecule has 2 saturated carbocycles. The van der Waals surface area contributed by atoms with Gasteiger partial charge in [0.15, 0.2) is 0 Å². The second-order valence-corrected chi connectivity index (χ2v) is 2.97. The summed E-state index contributed by atoms with van der Waals surface area (Å²) in [4.78, 5) is 0. The van der Waals surface area contributed by atoms with Crippen molar-refractivity contribution in [1.29, 1.82) is 0 Å². The van der Waals surface area contributed by atoms with Gasteiger partial charge in [0.25, 0.3) is 0 Å². The lowest BCUT2D eigenvalue weighted by Crippen LogP contribution is -2.04. The monoisotopic (exact) mass is 81.1 g/mol. The third-order valence-corrected chi connectivity index (χ3v) is 2.79. The molecule has 1 heteroatoms. The predicted octanol–water partition coefficient (Wildman–Crippen LogP) is 0.265. The molecule has 0 aromatic heterocycles. The largest absolute Gasteiger partial charge is 0.302 e. The molecule has 2 aliphatic carbocycles. The number of nitrogens with one attached hydrogen (secondary N) is 1. The van der Waals surface area contributed by atoms with Crippen molar-refractivity contribution in [3.8, 4) is 0 Å². The molecule has 3 fully saturated rings. The Labute approximate surface area is 36.7 Å². The molecule has 3 aliphatic rings. The molecule has 0 aromatic carbocycles. The third-order valence-electron chi connectivity index (χ3n) is 2.79. The van der Waals surface area contributed by atoms with Crippen LogP contribution in [0.2, 0.25) is 0 Å². The van der Waals surface area contributed by atoms with Crippen molar-refractivity contribution in [2.24, 2.45) is 0 Å². The maximum atomic E-state index is 3.46. The van der Waals surface area contributed by atoms with E-state index in [1.807, 2.05) is 0 Å². The van der Waals surface area contributed by atoms with E-state index in [2.05, 4.69) is 5.32 Å². The number of hydrogen-bond donors (Lipinski definition) is 1. The van der Waals surface area contributed by atoms with Gasteiger partial charge >= 0.3 is 0 Å². The van der Waals surface area contributed by atoms with Crippen molar-refractivity contribution in [2.45, 2.75) is 30.3 Å². The molecule has 3 rings (SSSR count). The molecule has 6 heavy (non-hydrogen) atoms. The molecule has 1 saturated heterocycles. The van der Waals surface area contributed by atoms with Crippen LogP contribution in [0.3, 0.4) is 0 Å². The fraction of sp³-hybridized carbons (Fsp3) is 1.00. The molecule has 0 aromatic rings. The number of rotatable bonds is 0. The minimum Gasteiger partial charge on any atom is -0.302 e. The Morgan fingerprint density at radius 1 is 1.17 bits per heavy atom. The summed E-state index contributed by atoms with van der Waals surface area (Å²) >= 11 is 0. The molecule has 1 N–H and O–H groups in total. The molecule has 0 spiro atoms. The topological polar surface area (TPSA) is 21.9 Å². The average Bonchev–Trinajstić information content (AvgIpc) is 1.73. The smallest absolute Gasteiger partial charge is 0.0389 e. The van der Waals surface area contributed by atoms with Crippen LogP contribution in [0.15, 0.2) is 0 Å². The number of hydrogen-bond acceptors (Lipinski definition) is 1. The highest BCUT2D eigenvalue weighted by Crippen LogP contribution is 2.76. The quantitative estimate of drug-likeness (QED) is 0.415. The second kappa shape index (κ2) is 0.305. The SMILES string of the molecule is C1CC23CC12N3. The molecular weight excluding hydrogens is 74.1 g/mol. The van der Waals surface area contributed by atoms with Crippen LogP contribution in [0.5, 0.6) is 0 Å². The van der Waals surface area contributed by atoms with Crippen LogP contribution in [0.1, 0.15) is 19.3 Å². The summed E-state index contributed by atoms with van der Waals surface area (Å²) < 4.78 is 0. The van der Waals surface area contributed by atoms with Gasteiger partial charge in [0.2, 0.25) is 0 Å². The highest BCUT2D eigenvalue weighted by Gasteiger charge is 2.88. The maximum absolute atomic E-state index is 3.46. The molecule has 0 amide bonds. The molecular formula is C5H7N. The summed E-state index contributed by atoms with van der Waals surface area (Å²) in [5, 5.41) is 3.46. The van der Waals surface area contributed by atoms with Crippen molar-refractivity contribution in [1.82, 2.24) is 5.32 Å². The Bertz CT molecular complexity index is 96.9. The van der Waals surface area contributed by atoms with E-state index in [0.717, 1.165) is 11.1 Å². The minimum absolute atomic E-state index is 0.785. The van der Waals surface area contributed by atoms with E-state index in [-0.39, 0.29) is 0 Å². The normalized spacial score (nSPS) is 80.0. The van der Waals surface area contributed by atoms with E-state index in [9.17, 15) is 0 Å².